The van der Waals surface area contributed by atoms with E-state index in [0.717, 1.165) is 0 Å². The number of hydrogen-bond acceptors (Lipinski definition) is 6. The quantitative estimate of drug-likeness (QED) is 0.184. The Morgan fingerprint density at radius 2 is 1.76 bits per heavy atom. The summed E-state index contributed by atoms with van der Waals surface area (Å²) in [4.78, 5) is 43.7. The van der Waals surface area contributed by atoms with E-state index in [-0.39, 0.29) is 41.0 Å². The number of carboxylic acid groups (broad SMARTS) is 2. The standard InChI is InChI=1S/C10H17N3O6S.Ag/c11-5(10(18)19)1-2-7(14)13-6(4-20)9(17)12-3-8(15)16;/h5-6,20H,1-4,11H2,(H,12,17)(H,13,14)(H,15,16)(H,18,19);/t5-,6-;/m0./s1. The van der Waals surface area contributed by atoms with E-state index in [9.17, 15) is 19.2 Å². The third-order valence-corrected chi connectivity index (χ3v) is 2.61. The van der Waals surface area contributed by atoms with Crippen molar-refractivity contribution >= 4 is 36.4 Å². The molecule has 2 atom stereocenters. The molecule has 0 aromatic heterocycles. The predicted octanol–water partition coefficient (Wildman–Crippen LogP) is -2.21. The van der Waals surface area contributed by atoms with Crippen molar-refractivity contribution < 1.29 is 51.8 Å². The van der Waals surface area contributed by atoms with Crippen molar-refractivity contribution in [3.05, 3.63) is 0 Å². The first-order valence-corrected chi connectivity index (χ1v) is 6.29. The number of nitrogens with one attached hydrogen (secondary N) is 2. The second-order valence-electron chi connectivity index (χ2n) is 3.90. The summed E-state index contributed by atoms with van der Waals surface area (Å²) in [6, 6.07) is -2.15. The van der Waals surface area contributed by atoms with E-state index in [4.69, 9.17) is 15.9 Å². The van der Waals surface area contributed by atoms with Crippen molar-refractivity contribution in [1.29, 1.82) is 0 Å². The normalized spacial score (nSPS) is 12.5. The van der Waals surface area contributed by atoms with Crippen LogP contribution in [0.1, 0.15) is 12.8 Å². The second-order valence-corrected chi connectivity index (χ2v) is 4.26. The first-order valence-electron chi connectivity index (χ1n) is 5.66. The summed E-state index contributed by atoms with van der Waals surface area (Å²) in [5.74, 6) is -3.70. The molecule has 125 valence electrons. The van der Waals surface area contributed by atoms with E-state index in [1.807, 2.05) is 0 Å². The zero-order valence-electron chi connectivity index (χ0n) is 10.8. The Hall–Kier alpha value is -1.07. The van der Waals surface area contributed by atoms with Gasteiger partial charge < -0.3 is 26.6 Å². The number of nitrogens with two attached hydrogens (primary N) is 1. The minimum Gasteiger partial charge on any atom is -0.480 e. The Labute approximate surface area is 141 Å². The minimum absolute atomic E-state index is 0. The van der Waals surface area contributed by atoms with Crippen LogP contribution in [0.5, 0.6) is 0 Å². The number of carbonyl (C=O) groups excluding carboxylic acids is 2. The van der Waals surface area contributed by atoms with Crippen LogP contribution in [0, 0.1) is 0 Å². The molecule has 0 fully saturated rings. The van der Waals surface area contributed by atoms with Crippen molar-refractivity contribution in [2.45, 2.75) is 24.9 Å². The smallest absolute Gasteiger partial charge is 0.322 e. The van der Waals surface area contributed by atoms with E-state index in [0.29, 0.717) is 0 Å². The fourth-order valence-electron chi connectivity index (χ4n) is 1.16. The van der Waals surface area contributed by atoms with Crippen molar-refractivity contribution in [2.24, 2.45) is 5.73 Å². The molecule has 0 unspecified atom stereocenters. The molecule has 0 aromatic rings. The molecule has 11 heteroatoms. The molecule has 9 nitrogen and oxygen atoms in total. The third kappa shape index (κ3) is 10.3. The van der Waals surface area contributed by atoms with E-state index in [2.05, 4.69) is 23.3 Å². The molecule has 0 aliphatic rings. The average molecular weight is 415 g/mol. The molecule has 0 spiro atoms. The predicted molar refractivity (Wildman–Crippen MR) is 71.3 cm³/mol. The summed E-state index contributed by atoms with van der Waals surface area (Å²) in [5, 5.41) is 21.4. The number of rotatable bonds is 9. The van der Waals surface area contributed by atoms with E-state index >= 15 is 0 Å². The SMILES string of the molecule is N[C@@H](CCC(=O)N[C@@H](CS)C(=O)NCC(=O)O)C(=O)O.[Ag]. The van der Waals surface area contributed by atoms with Gasteiger partial charge in [-0.2, -0.15) is 12.6 Å². The van der Waals surface area contributed by atoms with Gasteiger partial charge in [-0.25, -0.2) is 0 Å². The molecule has 0 saturated carbocycles. The topological polar surface area (TPSA) is 159 Å². The van der Waals surface area contributed by atoms with Gasteiger partial charge in [-0.1, -0.05) is 0 Å². The van der Waals surface area contributed by atoms with Crippen LogP contribution in [0.4, 0.5) is 0 Å². The van der Waals surface area contributed by atoms with Crippen LogP contribution < -0.4 is 16.4 Å². The van der Waals surface area contributed by atoms with Crippen LogP contribution in [-0.2, 0) is 41.6 Å². The molecular formula is C10H17AgN3O6S. The van der Waals surface area contributed by atoms with E-state index in [1.54, 1.807) is 0 Å². The number of hydrogen-bond donors (Lipinski definition) is 6. The molecule has 2 amide bonds. The van der Waals surface area contributed by atoms with Gasteiger partial charge >= 0.3 is 11.9 Å². The maximum Gasteiger partial charge on any atom is 0.322 e. The Morgan fingerprint density at radius 1 is 1.19 bits per heavy atom. The van der Waals surface area contributed by atoms with Crippen molar-refractivity contribution in [1.82, 2.24) is 10.6 Å². The van der Waals surface area contributed by atoms with Crippen LogP contribution in [0.25, 0.3) is 0 Å². The van der Waals surface area contributed by atoms with Gasteiger partial charge in [0.1, 0.15) is 18.6 Å². The van der Waals surface area contributed by atoms with E-state index in [1.165, 1.54) is 0 Å². The van der Waals surface area contributed by atoms with Gasteiger partial charge in [-0.3, -0.25) is 19.2 Å². The Morgan fingerprint density at radius 3 is 2.19 bits per heavy atom. The zero-order valence-corrected chi connectivity index (χ0v) is 13.2. The van der Waals surface area contributed by atoms with Crippen LogP contribution in [0.3, 0.4) is 0 Å². The van der Waals surface area contributed by atoms with E-state index < -0.39 is 42.4 Å². The molecule has 6 N–H and O–H groups in total. The van der Waals surface area contributed by atoms with Crippen LogP contribution in [0.15, 0.2) is 0 Å². The summed E-state index contributed by atoms with van der Waals surface area (Å²) < 4.78 is 0. The molecule has 0 aromatic carbocycles. The van der Waals surface area contributed by atoms with Gasteiger partial charge in [0, 0.05) is 34.6 Å². The van der Waals surface area contributed by atoms with Gasteiger partial charge in [0.15, 0.2) is 0 Å². The number of thiol groups is 1. The molecule has 21 heavy (non-hydrogen) atoms. The Bertz CT molecular complexity index is 395. The number of carbonyl (C=O) groups is 4. The molecule has 0 saturated heterocycles. The third-order valence-electron chi connectivity index (χ3n) is 2.25. The summed E-state index contributed by atoms with van der Waals surface area (Å²) in [6.07, 6.45) is -0.235. The maximum absolute atomic E-state index is 11.5. The minimum atomic E-state index is -1.22. The largest absolute Gasteiger partial charge is 0.480 e. The average Bonchev–Trinajstić information content (AvgIpc) is 2.38. The number of aliphatic carboxylic acids is 2. The maximum atomic E-state index is 11.5. The second kappa shape index (κ2) is 11.6. The Kier molecular flexibility index (Phi) is 12.2. The van der Waals surface area contributed by atoms with Gasteiger partial charge in [0.05, 0.1) is 0 Å². The van der Waals surface area contributed by atoms with Crippen molar-refractivity contribution in [2.75, 3.05) is 12.3 Å². The summed E-state index contributed by atoms with van der Waals surface area (Å²) in [7, 11) is 0. The van der Waals surface area contributed by atoms with Crippen LogP contribution >= 0.6 is 12.6 Å². The number of amides is 2. The fourth-order valence-corrected chi connectivity index (χ4v) is 1.41. The summed E-state index contributed by atoms with van der Waals surface area (Å²) in [6.45, 7) is -0.567. The van der Waals surface area contributed by atoms with Gasteiger partial charge in [0.2, 0.25) is 11.8 Å². The number of carboxylic acids is 2. The van der Waals surface area contributed by atoms with Crippen LogP contribution in [0.2, 0.25) is 0 Å². The molecule has 0 aliphatic carbocycles. The first-order chi connectivity index (χ1) is 9.27. The van der Waals surface area contributed by atoms with Gasteiger partial charge in [-0.15, -0.1) is 0 Å². The van der Waals surface area contributed by atoms with Gasteiger partial charge in [-0.05, 0) is 6.42 Å². The molecule has 0 heterocycles. The van der Waals surface area contributed by atoms with Crippen molar-refractivity contribution in [3.63, 3.8) is 0 Å². The van der Waals surface area contributed by atoms with Crippen molar-refractivity contribution in [3.8, 4) is 0 Å². The molecule has 0 bridgehead atoms. The zero-order chi connectivity index (χ0) is 15.7. The Balaban J connectivity index is 0. The fraction of sp³-hybridized carbons (Fsp3) is 0.600. The van der Waals surface area contributed by atoms with Gasteiger partial charge in [0.25, 0.3) is 0 Å². The molecule has 0 aliphatic heterocycles. The monoisotopic (exact) mass is 414 g/mol. The molecular weight excluding hydrogens is 398 g/mol. The summed E-state index contributed by atoms with van der Waals surface area (Å²) >= 11 is 3.87. The first kappa shape index (κ1) is 22.2. The molecule has 1 radical (unpaired) electrons. The summed E-state index contributed by atoms with van der Waals surface area (Å²) in [5.41, 5.74) is 5.23. The molecule has 0 rings (SSSR count). The van der Waals surface area contributed by atoms with Crippen LogP contribution in [-0.4, -0.2) is 58.3 Å².